The highest BCUT2D eigenvalue weighted by molar-refractivity contribution is 6.05. The summed E-state index contributed by atoms with van der Waals surface area (Å²) in [6, 6.07) is 8.18. The third-order valence-electron chi connectivity index (χ3n) is 2.63. The van der Waals surface area contributed by atoms with Crippen LogP contribution in [0.2, 0.25) is 0 Å². The third-order valence-corrected chi connectivity index (χ3v) is 2.63. The van der Waals surface area contributed by atoms with Crippen LogP contribution in [0.5, 0.6) is 0 Å². The van der Waals surface area contributed by atoms with E-state index in [0.717, 1.165) is 5.39 Å². The molecule has 3 aromatic rings. The van der Waals surface area contributed by atoms with E-state index in [1.165, 1.54) is 13.0 Å². The molecule has 0 saturated carbocycles. The fraction of sp³-hybridized carbons (Fsp3) is 0.0769. The van der Waals surface area contributed by atoms with Crippen LogP contribution >= 0.6 is 0 Å². The maximum atomic E-state index is 11.2. The number of benzene rings is 1. The lowest BCUT2D eigenvalue weighted by atomic mass is 10.1. The fourth-order valence-corrected chi connectivity index (χ4v) is 1.81. The predicted molar refractivity (Wildman–Crippen MR) is 62.3 cm³/mol. The van der Waals surface area contributed by atoms with Crippen molar-refractivity contribution in [2.75, 3.05) is 0 Å². The Morgan fingerprint density at radius 2 is 1.88 bits per heavy atom. The maximum Gasteiger partial charge on any atom is 0.336 e. The summed E-state index contributed by atoms with van der Waals surface area (Å²) in [6.07, 6.45) is 0. The van der Waals surface area contributed by atoms with Crippen molar-refractivity contribution in [2.24, 2.45) is 0 Å². The Morgan fingerprint density at radius 3 is 2.65 bits per heavy atom. The number of furan rings is 1. The van der Waals surface area contributed by atoms with Gasteiger partial charge in [0.15, 0.2) is 11.5 Å². The van der Waals surface area contributed by atoms with Gasteiger partial charge in [-0.15, -0.1) is 0 Å². The molecule has 0 atom stereocenters. The Kier molecular flexibility index (Phi) is 1.92. The highest BCUT2D eigenvalue weighted by Gasteiger charge is 2.11. The molecule has 0 radical (unpaired) electrons. The van der Waals surface area contributed by atoms with Crippen LogP contribution in [0.1, 0.15) is 17.5 Å². The fourth-order valence-electron chi connectivity index (χ4n) is 1.81. The second-order valence-electron chi connectivity index (χ2n) is 3.82. The van der Waals surface area contributed by atoms with Crippen LogP contribution in [0.15, 0.2) is 44.0 Å². The molecule has 0 spiro atoms. The van der Waals surface area contributed by atoms with Crippen LogP contribution in [0.4, 0.5) is 0 Å². The van der Waals surface area contributed by atoms with Crippen molar-refractivity contribution in [3.05, 3.63) is 46.5 Å². The summed E-state index contributed by atoms with van der Waals surface area (Å²) in [7, 11) is 0. The van der Waals surface area contributed by atoms with Gasteiger partial charge in [-0.3, -0.25) is 4.79 Å². The van der Waals surface area contributed by atoms with E-state index in [0.29, 0.717) is 16.6 Å². The SMILES string of the molecule is CC(=O)c1cc2c(ccc3ccc(=O)oc32)o1. The molecule has 4 heteroatoms. The minimum absolute atomic E-state index is 0.160. The molecule has 0 amide bonds. The van der Waals surface area contributed by atoms with Crippen LogP contribution in [-0.2, 0) is 0 Å². The van der Waals surface area contributed by atoms with Crippen molar-refractivity contribution in [1.29, 1.82) is 0 Å². The number of carbonyl (C=O) groups is 1. The normalized spacial score (nSPS) is 11.1. The summed E-state index contributed by atoms with van der Waals surface area (Å²) < 4.78 is 10.5. The number of carbonyl (C=O) groups excluding carboxylic acids is 1. The van der Waals surface area contributed by atoms with Gasteiger partial charge in [-0.25, -0.2) is 4.79 Å². The summed E-state index contributed by atoms with van der Waals surface area (Å²) in [4.78, 5) is 22.4. The van der Waals surface area contributed by atoms with Gasteiger partial charge in [-0.05, 0) is 24.3 Å². The van der Waals surface area contributed by atoms with E-state index >= 15 is 0 Å². The molecule has 0 unspecified atom stereocenters. The number of Topliss-reactive ketones (excluding diaryl/α,β-unsaturated/α-hetero) is 1. The quantitative estimate of drug-likeness (QED) is 0.474. The van der Waals surface area contributed by atoms with Gasteiger partial charge in [0.25, 0.3) is 0 Å². The Labute approximate surface area is 95.4 Å². The van der Waals surface area contributed by atoms with Gasteiger partial charge in [0.05, 0.1) is 5.39 Å². The molecule has 0 aliphatic rings. The van der Waals surface area contributed by atoms with E-state index in [-0.39, 0.29) is 11.5 Å². The van der Waals surface area contributed by atoms with E-state index in [1.807, 2.05) is 0 Å². The highest BCUT2D eigenvalue weighted by atomic mass is 16.4. The van der Waals surface area contributed by atoms with Gasteiger partial charge in [-0.2, -0.15) is 0 Å². The van der Waals surface area contributed by atoms with Gasteiger partial charge < -0.3 is 8.83 Å². The summed E-state index contributed by atoms with van der Waals surface area (Å²) in [5.41, 5.74) is 0.568. The highest BCUT2D eigenvalue weighted by Crippen LogP contribution is 2.27. The van der Waals surface area contributed by atoms with Gasteiger partial charge in [0, 0.05) is 18.4 Å². The first-order chi connectivity index (χ1) is 8.15. The molecule has 1 aromatic carbocycles. The molecule has 17 heavy (non-hydrogen) atoms. The van der Waals surface area contributed by atoms with Gasteiger partial charge in [0.2, 0.25) is 0 Å². The summed E-state index contributed by atoms with van der Waals surface area (Å²) >= 11 is 0. The maximum absolute atomic E-state index is 11.2. The molecule has 84 valence electrons. The third kappa shape index (κ3) is 1.45. The number of hydrogen-bond acceptors (Lipinski definition) is 4. The zero-order valence-corrected chi connectivity index (χ0v) is 9.02. The number of rotatable bonds is 1. The van der Waals surface area contributed by atoms with Crippen molar-refractivity contribution in [3.63, 3.8) is 0 Å². The first-order valence-corrected chi connectivity index (χ1v) is 5.12. The summed E-state index contributed by atoms with van der Waals surface area (Å²) in [6.45, 7) is 1.43. The number of hydrogen-bond donors (Lipinski definition) is 0. The van der Waals surface area contributed by atoms with Gasteiger partial charge >= 0.3 is 5.63 Å². The van der Waals surface area contributed by atoms with Crippen molar-refractivity contribution < 1.29 is 13.6 Å². The lowest BCUT2D eigenvalue weighted by Crippen LogP contribution is -1.94. The molecule has 0 aliphatic carbocycles. The lowest BCUT2D eigenvalue weighted by molar-refractivity contribution is 0.0989. The first-order valence-electron chi connectivity index (χ1n) is 5.12. The molecule has 0 bridgehead atoms. The van der Waals surface area contributed by atoms with E-state index in [4.69, 9.17) is 8.83 Å². The minimum Gasteiger partial charge on any atom is -0.453 e. The predicted octanol–water partition coefficient (Wildman–Crippen LogP) is 2.74. The van der Waals surface area contributed by atoms with Crippen LogP contribution in [-0.4, -0.2) is 5.78 Å². The van der Waals surface area contributed by atoms with Gasteiger partial charge in [-0.1, -0.05) is 0 Å². The average molecular weight is 228 g/mol. The topological polar surface area (TPSA) is 60.4 Å². The number of fused-ring (bicyclic) bond motifs is 3. The van der Waals surface area contributed by atoms with E-state index in [2.05, 4.69) is 0 Å². The van der Waals surface area contributed by atoms with Crippen molar-refractivity contribution in [3.8, 4) is 0 Å². The molecule has 2 aromatic heterocycles. The Bertz CT molecular complexity index is 792. The van der Waals surface area contributed by atoms with E-state index in [9.17, 15) is 9.59 Å². The molecule has 0 aliphatic heterocycles. The monoisotopic (exact) mass is 228 g/mol. The molecule has 2 heterocycles. The molecule has 0 saturated heterocycles. The summed E-state index contributed by atoms with van der Waals surface area (Å²) in [5.74, 6) is 0.103. The van der Waals surface area contributed by atoms with Crippen molar-refractivity contribution in [1.82, 2.24) is 0 Å². The lowest BCUT2D eigenvalue weighted by Gasteiger charge is -1.95. The Balaban J connectivity index is 2.49. The standard InChI is InChI=1S/C13H8O4/c1-7(14)11-6-9-10(16-11)4-2-8-3-5-12(15)17-13(8)9/h2-6H,1H3. The minimum atomic E-state index is -0.421. The average Bonchev–Trinajstić information content (AvgIpc) is 2.73. The van der Waals surface area contributed by atoms with Crippen LogP contribution in [0.25, 0.3) is 21.9 Å². The molecule has 3 rings (SSSR count). The van der Waals surface area contributed by atoms with Crippen molar-refractivity contribution in [2.45, 2.75) is 6.92 Å². The molecule has 4 nitrogen and oxygen atoms in total. The second kappa shape index (κ2) is 3.31. The molecular weight excluding hydrogens is 220 g/mol. The largest absolute Gasteiger partial charge is 0.453 e. The zero-order chi connectivity index (χ0) is 12.0. The number of ketones is 1. The van der Waals surface area contributed by atoms with Crippen LogP contribution in [0.3, 0.4) is 0 Å². The van der Waals surface area contributed by atoms with Gasteiger partial charge in [0.1, 0.15) is 11.2 Å². The Morgan fingerprint density at radius 1 is 1.12 bits per heavy atom. The smallest absolute Gasteiger partial charge is 0.336 e. The second-order valence-corrected chi connectivity index (χ2v) is 3.82. The van der Waals surface area contributed by atoms with E-state index in [1.54, 1.807) is 24.3 Å². The zero-order valence-electron chi connectivity index (χ0n) is 9.02. The Hall–Kier alpha value is -2.36. The molecule has 0 fully saturated rings. The van der Waals surface area contributed by atoms with Crippen LogP contribution in [0, 0.1) is 0 Å². The molecular formula is C13H8O4. The van der Waals surface area contributed by atoms with E-state index < -0.39 is 5.63 Å². The molecule has 0 N–H and O–H groups in total. The first kappa shape index (κ1) is 9.84. The van der Waals surface area contributed by atoms with Crippen molar-refractivity contribution >= 4 is 27.7 Å². The van der Waals surface area contributed by atoms with Crippen LogP contribution < -0.4 is 5.63 Å². The summed E-state index contributed by atoms with van der Waals surface area (Å²) in [5, 5.41) is 1.44.